The Bertz CT molecular complexity index is 809. The van der Waals surface area contributed by atoms with E-state index >= 15 is 0 Å². The molecule has 1 aliphatic heterocycles. The summed E-state index contributed by atoms with van der Waals surface area (Å²) >= 11 is 0. The molecule has 9 N–H and O–H groups in total. The van der Waals surface area contributed by atoms with Crippen molar-refractivity contribution in [3.63, 3.8) is 0 Å². The summed E-state index contributed by atoms with van der Waals surface area (Å²) in [6.45, 7) is 4.98. The van der Waals surface area contributed by atoms with E-state index in [0.717, 1.165) is 6.92 Å². The molecule has 1 heterocycles. The molecular weight excluding hydrogens is 484 g/mol. The number of ether oxygens (including phenoxy) is 2. The number of aliphatic hydroxyl groups is 3. The lowest BCUT2D eigenvalue weighted by atomic mass is 9.96. The Morgan fingerprint density at radius 2 is 1.67 bits per heavy atom. The van der Waals surface area contributed by atoms with E-state index < -0.39 is 91.0 Å². The largest absolute Gasteiger partial charge is 0.480 e. The van der Waals surface area contributed by atoms with Gasteiger partial charge in [0.25, 0.3) is 0 Å². The normalized spacial score (nSPS) is 26.4. The summed E-state index contributed by atoms with van der Waals surface area (Å²) < 4.78 is 10.7. The lowest BCUT2D eigenvalue weighted by Crippen LogP contribution is -2.65. The molecule has 36 heavy (non-hydrogen) atoms. The maximum Gasteiger partial charge on any atom is 0.326 e. The van der Waals surface area contributed by atoms with Crippen molar-refractivity contribution in [1.82, 2.24) is 16.0 Å². The minimum absolute atomic E-state index is 0.241. The highest BCUT2D eigenvalue weighted by Gasteiger charge is 2.47. The fourth-order valence-electron chi connectivity index (χ4n) is 3.54. The van der Waals surface area contributed by atoms with Gasteiger partial charge in [-0.2, -0.15) is 0 Å². The van der Waals surface area contributed by atoms with E-state index in [4.69, 9.17) is 15.2 Å². The van der Waals surface area contributed by atoms with Gasteiger partial charge in [0.1, 0.15) is 42.5 Å². The van der Waals surface area contributed by atoms with Crippen LogP contribution in [0.1, 0.15) is 40.5 Å². The topological polar surface area (TPSA) is 247 Å². The fourth-order valence-corrected chi connectivity index (χ4v) is 3.54. The van der Waals surface area contributed by atoms with Crippen LogP contribution in [0.5, 0.6) is 0 Å². The Balaban J connectivity index is 2.96. The van der Waals surface area contributed by atoms with Crippen LogP contribution in [0.2, 0.25) is 0 Å². The predicted octanol–water partition coefficient (Wildman–Crippen LogP) is -3.69. The molecule has 0 saturated carbocycles. The Kier molecular flexibility index (Phi) is 12.2. The Labute approximate surface area is 207 Å². The average Bonchev–Trinajstić information content (AvgIpc) is 2.77. The van der Waals surface area contributed by atoms with Gasteiger partial charge in [0, 0.05) is 13.3 Å². The van der Waals surface area contributed by atoms with E-state index in [9.17, 15) is 44.4 Å². The van der Waals surface area contributed by atoms with Crippen LogP contribution >= 0.6 is 0 Å². The first-order chi connectivity index (χ1) is 16.7. The summed E-state index contributed by atoms with van der Waals surface area (Å²) in [6, 6.07) is -3.88. The number of nitrogens with one attached hydrogen (secondary N) is 3. The van der Waals surface area contributed by atoms with Crippen LogP contribution < -0.4 is 21.7 Å². The highest BCUT2D eigenvalue weighted by Crippen LogP contribution is 2.24. The number of primary amides is 1. The van der Waals surface area contributed by atoms with E-state index in [1.54, 1.807) is 13.8 Å². The molecule has 0 aromatic rings. The molecule has 1 rings (SSSR count). The summed E-state index contributed by atoms with van der Waals surface area (Å²) in [4.78, 5) is 59.5. The molecule has 0 unspecified atom stereocenters. The van der Waals surface area contributed by atoms with Crippen molar-refractivity contribution in [2.45, 2.75) is 89.4 Å². The van der Waals surface area contributed by atoms with Crippen molar-refractivity contribution >= 4 is 29.6 Å². The summed E-state index contributed by atoms with van der Waals surface area (Å²) in [6.07, 6.45) is -7.65. The third kappa shape index (κ3) is 8.98. The van der Waals surface area contributed by atoms with Crippen molar-refractivity contribution < 1.29 is 53.9 Å². The molecule has 0 aromatic heterocycles. The Morgan fingerprint density at radius 3 is 2.14 bits per heavy atom. The van der Waals surface area contributed by atoms with Crippen LogP contribution in [-0.2, 0) is 33.4 Å². The molecule has 0 bridgehead atoms. The number of carboxylic acids is 1. The van der Waals surface area contributed by atoms with Crippen molar-refractivity contribution in [3.8, 4) is 0 Å². The number of nitrogens with two attached hydrogens (primary N) is 1. The highest BCUT2D eigenvalue weighted by atomic mass is 16.6. The lowest BCUT2D eigenvalue weighted by molar-refractivity contribution is -0.266. The van der Waals surface area contributed by atoms with Crippen LogP contribution in [0.15, 0.2) is 0 Å². The van der Waals surface area contributed by atoms with Gasteiger partial charge in [-0.1, -0.05) is 13.8 Å². The first kappa shape index (κ1) is 31.2. The highest BCUT2D eigenvalue weighted by molar-refractivity contribution is 5.91. The maximum absolute atomic E-state index is 12.8. The van der Waals surface area contributed by atoms with E-state index in [1.165, 1.54) is 6.92 Å². The van der Waals surface area contributed by atoms with Gasteiger partial charge in [0.2, 0.25) is 23.6 Å². The number of aliphatic carboxylic acids is 1. The average molecular weight is 521 g/mol. The second-order valence-electron chi connectivity index (χ2n) is 8.84. The Morgan fingerprint density at radius 1 is 1.06 bits per heavy atom. The molecule has 0 aromatic carbocycles. The summed E-state index contributed by atoms with van der Waals surface area (Å²) in [5, 5.41) is 46.5. The summed E-state index contributed by atoms with van der Waals surface area (Å²) in [5.41, 5.74) is 5.03. The maximum atomic E-state index is 12.8. The van der Waals surface area contributed by atoms with Gasteiger partial charge in [-0.05, 0) is 19.3 Å². The summed E-state index contributed by atoms with van der Waals surface area (Å²) in [5.74, 6) is -4.83. The van der Waals surface area contributed by atoms with Crippen molar-refractivity contribution in [2.24, 2.45) is 11.7 Å². The first-order valence-corrected chi connectivity index (χ1v) is 11.4. The van der Waals surface area contributed by atoms with Crippen LogP contribution in [-0.4, -0.2) is 105 Å². The van der Waals surface area contributed by atoms with Crippen LogP contribution in [0.4, 0.5) is 0 Å². The van der Waals surface area contributed by atoms with Gasteiger partial charge in [-0.3, -0.25) is 19.2 Å². The number of amides is 4. The molecule has 1 fully saturated rings. The number of carbonyl (C=O) groups is 5. The van der Waals surface area contributed by atoms with E-state index in [-0.39, 0.29) is 12.8 Å². The molecule has 0 spiro atoms. The van der Waals surface area contributed by atoms with E-state index in [0.29, 0.717) is 0 Å². The zero-order chi connectivity index (χ0) is 27.7. The van der Waals surface area contributed by atoms with Crippen molar-refractivity contribution in [3.05, 3.63) is 0 Å². The predicted molar refractivity (Wildman–Crippen MR) is 121 cm³/mol. The quantitative estimate of drug-likeness (QED) is 0.117. The molecule has 15 nitrogen and oxygen atoms in total. The molecule has 15 heteroatoms. The van der Waals surface area contributed by atoms with Crippen LogP contribution in [0.3, 0.4) is 0 Å². The number of hydrogen-bond acceptors (Lipinski definition) is 10. The third-order valence-corrected chi connectivity index (χ3v) is 5.51. The van der Waals surface area contributed by atoms with Crippen molar-refractivity contribution in [2.75, 3.05) is 6.61 Å². The zero-order valence-electron chi connectivity index (χ0n) is 20.5. The molecule has 206 valence electrons. The first-order valence-electron chi connectivity index (χ1n) is 11.4. The monoisotopic (exact) mass is 520 g/mol. The molecule has 1 aliphatic rings. The number of rotatable bonds is 13. The SMILES string of the molecule is CC(=O)N[C@H]1[C@@H](O[C@H](C)C(=O)N[C@@H](C(=O)N[C@H](CCC(N)=O)C(=O)O)C(C)C)[C@@H](O)[C@@H](CO)O[C@H]1O. The lowest BCUT2D eigenvalue weighted by Gasteiger charge is -2.43. The molecule has 0 aliphatic carbocycles. The smallest absolute Gasteiger partial charge is 0.326 e. The van der Waals surface area contributed by atoms with Gasteiger partial charge in [-0.15, -0.1) is 0 Å². The molecule has 0 radical (unpaired) electrons. The third-order valence-electron chi connectivity index (χ3n) is 5.51. The van der Waals surface area contributed by atoms with Crippen molar-refractivity contribution in [1.29, 1.82) is 0 Å². The van der Waals surface area contributed by atoms with E-state index in [2.05, 4.69) is 16.0 Å². The zero-order valence-corrected chi connectivity index (χ0v) is 20.5. The fraction of sp³-hybridized carbons (Fsp3) is 0.762. The number of hydrogen-bond donors (Lipinski definition) is 8. The molecule has 1 saturated heterocycles. The molecule has 4 amide bonds. The summed E-state index contributed by atoms with van der Waals surface area (Å²) in [7, 11) is 0. The van der Waals surface area contributed by atoms with Crippen LogP contribution in [0, 0.1) is 5.92 Å². The van der Waals surface area contributed by atoms with Crippen LogP contribution in [0.25, 0.3) is 0 Å². The number of carbonyl (C=O) groups excluding carboxylic acids is 4. The van der Waals surface area contributed by atoms with Gasteiger partial charge < -0.3 is 51.6 Å². The standard InChI is InChI=1S/C21H36N4O11/c1-8(2)14(19(31)24-11(20(32)33)5-6-13(22)28)25-18(30)9(3)35-17-15(23-10(4)27)21(34)36-12(7-26)16(17)29/h8-9,11-12,14-17,21,26,29,34H,5-7H2,1-4H3,(H2,22,28)(H,23,27)(H,24,31)(H,25,30)(H,32,33)/t9-,11-,12-,14-,15+,16+,17-,21-/m1/s1. The van der Waals surface area contributed by atoms with Gasteiger partial charge in [0.05, 0.1) is 6.61 Å². The second kappa shape index (κ2) is 14.0. The molecule has 8 atom stereocenters. The number of carboxylic acid groups (broad SMARTS) is 1. The minimum atomic E-state index is -1.66. The van der Waals surface area contributed by atoms with Gasteiger partial charge in [-0.25, -0.2) is 4.79 Å². The molecular formula is C21H36N4O11. The number of aliphatic hydroxyl groups excluding tert-OH is 3. The second-order valence-corrected chi connectivity index (χ2v) is 8.84. The Hall–Kier alpha value is -2.85. The van der Waals surface area contributed by atoms with Gasteiger partial charge >= 0.3 is 5.97 Å². The minimum Gasteiger partial charge on any atom is -0.480 e. The van der Waals surface area contributed by atoms with E-state index in [1.807, 2.05) is 0 Å². The van der Waals surface area contributed by atoms with Gasteiger partial charge in [0.15, 0.2) is 6.29 Å².